The van der Waals surface area contributed by atoms with Crippen LogP contribution in [0.5, 0.6) is 0 Å². The van der Waals surface area contributed by atoms with Gasteiger partial charge in [-0.3, -0.25) is 0 Å². The molecule has 3 N–H and O–H groups in total. The number of hydrogen-bond acceptors (Lipinski definition) is 5. The van der Waals surface area contributed by atoms with Crippen molar-refractivity contribution in [2.24, 2.45) is 0 Å². The number of aromatic nitrogens is 1. The Balaban J connectivity index is 1.80. The van der Waals surface area contributed by atoms with E-state index in [1.165, 1.54) is 11.3 Å². The Morgan fingerprint density at radius 2 is 2.19 bits per heavy atom. The molecule has 0 unspecified atom stereocenters. The van der Waals surface area contributed by atoms with Crippen LogP contribution in [0.3, 0.4) is 0 Å². The van der Waals surface area contributed by atoms with Crippen LogP contribution < -0.4 is 10.6 Å². The van der Waals surface area contributed by atoms with Gasteiger partial charge in [0.25, 0.3) is 0 Å². The topological polar surface area (TPSA) is 87.4 Å². The molecule has 2 amide bonds. The number of hydrogen-bond donors (Lipinski definition) is 3. The van der Waals surface area contributed by atoms with E-state index in [-0.39, 0.29) is 12.6 Å². The Bertz CT molecular complexity index is 619. The summed E-state index contributed by atoms with van der Waals surface area (Å²) >= 11 is 1.53. The van der Waals surface area contributed by atoms with Crippen LogP contribution in [-0.4, -0.2) is 22.7 Å². The number of furan rings is 1. The lowest BCUT2D eigenvalue weighted by atomic mass is 10.0. The first-order chi connectivity index (χ1) is 9.87. The maximum absolute atomic E-state index is 11.7. The summed E-state index contributed by atoms with van der Waals surface area (Å²) in [5, 5.41) is 16.6. The van der Waals surface area contributed by atoms with Crippen molar-refractivity contribution < 1.29 is 14.3 Å². The number of thiazole rings is 1. The molecule has 0 aliphatic rings. The molecule has 6 nitrogen and oxygen atoms in total. The molecule has 0 fully saturated rings. The van der Waals surface area contributed by atoms with Crippen molar-refractivity contribution in [3.63, 3.8) is 0 Å². The summed E-state index contributed by atoms with van der Waals surface area (Å²) in [7, 11) is 0. The van der Waals surface area contributed by atoms with Crippen molar-refractivity contribution in [3.05, 3.63) is 39.7 Å². The predicted octanol–water partition coefficient (Wildman–Crippen LogP) is 2.06. The van der Waals surface area contributed by atoms with Crippen LogP contribution >= 0.6 is 11.3 Å². The SMILES string of the molecule is Cc1ccc([C@](C)(O)CNC(=O)NCc2cnc(C)s2)o1. The zero-order valence-electron chi connectivity index (χ0n) is 12.3. The van der Waals surface area contributed by atoms with Crippen molar-refractivity contribution in [2.45, 2.75) is 32.9 Å². The van der Waals surface area contributed by atoms with Gasteiger partial charge in [0, 0.05) is 11.1 Å². The highest BCUT2D eigenvalue weighted by molar-refractivity contribution is 7.11. The summed E-state index contributed by atoms with van der Waals surface area (Å²) in [6.07, 6.45) is 1.74. The quantitative estimate of drug-likeness (QED) is 0.789. The second kappa shape index (κ2) is 6.28. The molecule has 2 aromatic heterocycles. The highest BCUT2D eigenvalue weighted by Gasteiger charge is 2.27. The third-order valence-electron chi connectivity index (χ3n) is 2.96. The average Bonchev–Trinajstić information content (AvgIpc) is 3.03. The lowest BCUT2D eigenvalue weighted by Gasteiger charge is -2.21. The number of nitrogens with zero attached hydrogens (tertiary/aromatic N) is 1. The molecular formula is C14H19N3O3S. The van der Waals surface area contributed by atoms with Crippen LogP contribution in [0, 0.1) is 13.8 Å². The fraction of sp³-hybridized carbons (Fsp3) is 0.429. The molecule has 114 valence electrons. The second-order valence-corrected chi connectivity index (χ2v) is 6.39. The third-order valence-corrected chi connectivity index (χ3v) is 3.87. The summed E-state index contributed by atoms with van der Waals surface area (Å²) in [5.74, 6) is 1.15. The average molecular weight is 309 g/mol. The van der Waals surface area contributed by atoms with E-state index in [1.807, 2.05) is 6.92 Å². The fourth-order valence-electron chi connectivity index (χ4n) is 1.78. The first kappa shape index (κ1) is 15.5. The van der Waals surface area contributed by atoms with Crippen molar-refractivity contribution in [3.8, 4) is 0 Å². The van der Waals surface area contributed by atoms with Gasteiger partial charge < -0.3 is 20.2 Å². The van der Waals surface area contributed by atoms with Gasteiger partial charge in [0.2, 0.25) is 0 Å². The number of aryl methyl sites for hydroxylation is 2. The molecule has 0 saturated heterocycles. The van der Waals surface area contributed by atoms with E-state index in [9.17, 15) is 9.90 Å². The first-order valence-electron chi connectivity index (χ1n) is 6.59. The fourth-order valence-corrected chi connectivity index (χ4v) is 2.52. The van der Waals surface area contributed by atoms with Gasteiger partial charge in [0.15, 0.2) is 0 Å². The number of carbonyl (C=O) groups is 1. The Kier molecular flexibility index (Phi) is 4.64. The van der Waals surface area contributed by atoms with Crippen LogP contribution in [0.15, 0.2) is 22.7 Å². The minimum Gasteiger partial charge on any atom is -0.463 e. The van der Waals surface area contributed by atoms with E-state index in [0.29, 0.717) is 12.3 Å². The lowest BCUT2D eigenvalue weighted by molar-refractivity contribution is 0.0360. The highest BCUT2D eigenvalue weighted by Crippen LogP contribution is 2.21. The number of urea groups is 1. The molecule has 0 aliphatic carbocycles. The summed E-state index contributed by atoms with van der Waals surface area (Å²) in [6, 6.07) is 3.13. The highest BCUT2D eigenvalue weighted by atomic mass is 32.1. The Hall–Kier alpha value is -1.86. The number of nitrogens with one attached hydrogen (secondary N) is 2. The molecule has 0 saturated carbocycles. The van der Waals surface area contributed by atoms with E-state index < -0.39 is 5.60 Å². The number of amides is 2. The molecule has 1 atom stereocenters. The zero-order valence-corrected chi connectivity index (χ0v) is 13.1. The molecule has 0 spiro atoms. The predicted molar refractivity (Wildman–Crippen MR) is 80.1 cm³/mol. The third kappa shape index (κ3) is 4.30. The largest absolute Gasteiger partial charge is 0.463 e. The normalized spacial score (nSPS) is 13.7. The molecule has 7 heteroatoms. The van der Waals surface area contributed by atoms with E-state index in [4.69, 9.17) is 4.42 Å². The summed E-state index contributed by atoms with van der Waals surface area (Å²) < 4.78 is 5.38. The molecule has 0 radical (unpaired) electrons. The molecule has 2 rings (SSSR count). The monoisotopic (exact) mass is 309 g/mol. The lowest BCUT2D eigenvalue weighted by Crippen LogP contribution is -2.43. The second-order valence-electron chi connectivity index (χ2n) is 5.07. The number of carbonyl (C=O) groups excluding carboxylic acids is 1. The number of rotatable bonds is 5. The Morgan fingerprint density at radius 3 is 2.76 bits per heavy atom. The van der Waals surface area contributed by atoms with Crippen molar-refractivity contribution >= 4 is 17.4 Å². The summed E-state index contributed by atoms with van der Waals surface area (Å²) in [6.45, 7) is 5.79. The Labute approximate surface area is 127 Å². The van der Waals surface area contributed by atoms with Gasteiger partial charge in [-0.15, -0.1) is 11.3 Å². The Morgan fingerprint density at radius 1 is 1.43 bits per heavy atom. The van der Waals surface area contributed by atoms with Crippen LogP contribution in [0.2, 0.25) is 0 Å². The smallest absolute Gasteiger partial charge is 0.315 e. The van der Waals surface area contributed by atoms with Gasteiger partial charge in [-0.2, -0.15) is 0 Å². The molecule has 21 heavy (non-hydrogen) atoms. The van der Waals surface area contributed by atoms with E-state index >= 15 is 0 Å². The van der Waals surface area contributed by atoms with Gasteiger partial charge in [-0.25, -0.2) is 9.78 Å². The van der Waals surface area contributed by atoms with Gasteiger partial charge >= 0.3 is 6.03 Å². The molecule has 0 aromatic carbocycles. The van der Waals surface area contributed by atoms with Crippen molar-refractivity contribution in [2.75, 3.05) is 6.54 Å². The minimum absolute atomic E-state index is 0.0630. The van der Waals surface area contributed by atoms with Gasteiger partial charge in [-0.05, 0) is 32.9 Å². The molecule has 0 bridgehead atoms. The van der Waals surface area contributed by atoms with Gasteiger partial charge in [0.05, 0.1) is 18.1 Å². The van der Waals surface area contributed by atoms with E-state index in [2.05, 4.69) is 15.6 Å². The summed E-state index contributed by atoms with van der Waals surface area (Å²) in [4.78, 5) is 16.8. The van der Waals surface area contributed by atoms with E-state index in [1.54, 1.807) is 32.2 Å². The van der Waals surface area contributed by atoms with Crippen LogP contribution in [0.4, 0.5) is 4.79 Å². The molecule has 0 aliphatic heterocycles. The van der Waals surface area contributed by atoms with Gasteiger partial charge in [-0.1, -0.05) is 0 Å². The van der Waals surface area contributed by atoms with Crippen molar-refractivity contribution in [1.82, 2.24) is 15.6 Å². The standard InChI is InChI=1S/C14H19N3O3S/c1-9-4-5-12(20-9)14(3,19)8-17-13(18)16-7-11-6-15-10(2)21-11/h4-6,19H,7-8H2,1-3H3,(H2,16,17,18)/t14-/m1/s1. The van der Waals surface area contributed by atoms with E-state index in [0.717, 1.165) is 15.6 Å². The van der Waals surface area contributed by atoms with Crippen LogP contribution in [0.1, 0.15) is 28.3 Å². The van der Waals surface area contributed by atoms with Crippen molar-refractivity contribution in [1.29, 1.82) is 0 Å². The molecule has 2 heterocycles. The first-order valence-corrected chi connectivity index (χ1v) is 7.41. The van der Waals surface area contributed by atoms with Gasteiger partial charge in [0.1, 0.15) is 17.1 Å². The maximum Gasteiger partial charge on any atom is 0.315 e. The maximum atomic E-state index is 11.7. The van der Waals surface area contributed by atoms with Crippen LogP contribution in [0.25, 0.3) is 0 Å². The minimum atomic E-state index is -1.24. The zero-order chi connectivity index (χ0) is 15.5. The summed E-state index contributed by atoms with van der Waals surface area (Å²) in [5.41, 5.74) is -1.24. The number of aliphatic hydroxyl groups is 1. The van der Waals surface area contributed by atoms with Crippen LogP contribution in [-0.2, 0) is 12.1 Å². The molecule has 2 aromatic rings. The molecular weight excluding hydrogens is 290 g/mol.